The highest BCUT2D eigenvalue weighted by molar-refractivity contribution is 6.35. The minimum absolute atomic E-state index is 0.131. The monoisotopic (exact) mass is 500 g/mol. The van der Waals surface area contributed by atoms with Gasteiger partial charge in [0.1, 0.15) is 5.75 Å². The highest BCUT2D eigenvalue weighted by atomic mass is 16.5. The molecule has 192 valence electrons. The van der Waals surface area contributed by atoms with Gasteiger partial charge in [-0.3, -0.25) is 14.4 Å². The minimum Gasteiger partial charge on any atom is -0.484 e. The van der Waals surface area contributed by atoms with Crippen LogP contribution >= 0.6 is 0 Å². The third-order valence-corrected chi connectivity index (χ3v) is 5.44. The van der Waals surface area contributed by atoms with Crippen molar-refractivity contribution in [1.29, 1.82) is 0 Å². The number of benzene rings is 3. The predicted octanol–water partition coefficient (Wildman–Crippen LogP) is 4.21. The third-order valence-electron chi connectivity index (χ3n) is 5.44. The van der Waals surface area contributed by atoms with Crippen molar-refractivity contribution in [2.24, 2.45) is 5.10 Å². The number of carbonyl (C=O) groups excluding carboxylic acids is 3. The summed E-state index contributed by atoms with van der Waals surface area (Å²) >= 11 is 0. The van der Waals surface area contributed by atoms with E-state index in [4.69, 9.17) is 4.74 Å². The second-order valence-corrected chi connectivity index (χ2v) is 9.06. The van der Waals surface area contributed by atoms with E-state index >= 15 is 0 Å². The molecule has 0 fully saturated rings. The molecule has 0 heterocycles. The van der Waals surface area contributed by atoms with Crippen molar-refractivity contribution in [3.63, 3.8) is 0 Å². The Morgan fingerprint density at radius 3 is 2.16 bits per heavy atom. The number of aryl methyl sites for hydroxylation is 2. The summed E-state index contributed by atoms with van der Waals surface area (Å²) in [4.78, 5) is 36.2. The Morgan fingerprint density at radius 1 is 0.892 bits per heavy atom. The van der Waals surface area contributed by atoms with Crippen LogP contribution in [-0.4, -0.2) is 30.5 Å². The highest BCUT2D eigenvalue weighted by Crippen LogP contribution is 2.15. The number of ether oxygens (including phenoxy) is 1. The van der Waals surface area contributed by atoms with Crippen LogP contribution in [0.3, 0.4) is 0 Å². The van der Waals surface area contributed by atoms with E-state index in [0.29, 0.717) is 17.2 Å². The van der Waals surface area contributed by atoms with Crippen molar-refractivity contribution < 1.29 is 19.1 Å². The summed E-state index contributed by atoms with van der Waals surface area (Å²) in [6.45, 7) is 8.28. The standard InChI is InChI=1S/C29H32N4O4/c1-19(2)24-9-5-22(6-10-24)16-30-28(35)29(36)33-31-17-23-7-11-26(12-8-23)37-18-27(34)32-25-14-20(3)13-21(4)15-25/h5-15,17,19H,16,18H2,1-4H3,(H,30,35)(H,32,34)(H,33,36)/b31-17-. The van der Waals surface area contributed by atoms with E-state index in [1.165, 1.54) is 11.8 Å². The van der Waals surface area contributed by atoms with Gasteiger partial charge >= 0.3 is 11.8 Å². The van der Waals surface area contributed by atoms with Crippen molar-refractivity contribution in [2.45, 2.75) is 40.2 Å². The first-order chi connectivity index (χ1) is 17.7. The molecule has 0 aliphatic carbocycles. The summed E-state index contributed by atoms with van der Waals surface area (Å²) in [6, 6.07) is 20.5. The largest absolute Gasteiger partial charge is 0.484 e. The Bertz CT molecular complexity index is 1250. The zero-order valence-electron chi connectivity index (χ0n) is 21.5. The van der Waals surface area contributed by atoms with Crippen LogP contribution in [0, 0.1) is 13.8 Å². The van der Waals surface area contributed by atoms with Crippen molar-refractivity contribution in [3.8, 4) is 5.75 Å². The molecule has 3 N–H and O–H groups in total. The van der Waals surface area contributed by atoms with Gasteiger partial charge in [-0.15, -0.1) is 0 Å². The summed E-state index contributed by atoms with van der Waals surface area (Å²) in [5.41, 5.74) is 7.87. The molecule has 3 amide bonds. The molecule has 0 radical (unpaired) electrons. The molecule has 0 aromatic heterocycles. The molecule has 0 saturated heterocycles. The highest BCUT2D eigenvalue weighted by Gasteiger charge is 2.12. The maximum absolute atomic E-state index is 12.2. The molecule has 0 aliphatic heterocycles. The van der Waals surface area contributed by atoms with Crippen LogP contribution in [-0.2, 0) is 20.9 Å². The normalized spacial score (nSPS) is 10.8. The molecule has 0 bridgehead atoms. The van der Waals surface area contributed by atoms with E-state index in [1.54, 1.807) is 24.3 Å². The molecule has 0 aliphatic rings. The Balaban J connectivity index is 1.40. The second-order valence-electron chi connectivity index (χ2n) is 9.06. The average Bonchev–Trinajstić information content (AvgIpc) is 2.86. The molecule has 3 aromatic carbocycles. The summed E-state index contributed by atoms with van der Waals surface area (Å²) in [6.07, 6.45) is 1.41. The summed E-state index contributed by atoms with van der Waals surface area (Å²) in [7, 11) is 0. The lowest BCUT2D eigenvalue weighted by Gasteiger charge is -2.09. The number of hydrazone groups is 1. The zero-order valence-corrected chi connectivity index (χ0v) is 21.5. The fourth-order valence-corrected chi connectivity index (χ4v) is 3.54. The van der Waals surface area contributed by atoms with Gasteiger partial charge < -0.3 is 15.4 Å². The van der Waals surface area contributed by atoms with Crippen molar-refractivity contribution in [1.82, 2.24) is 10.7 Å². The maximum Gasteiger partial charge on any atom is 0.329 e. The molecule has 37 heavy (non-hydrogen) atoms. The van der Waals surface area contributed by atoms with Crippen LogP contribution in [0.5, 0.6) is 5.75 Å². The third kappa shape index (κ3) is 8.92. The van der Waals surface area contributed by atoms with Gasteiger partial charge in [-0.2, -0.15) is 5.10 Å². The van der Waals surface area contributed by atoms with Gasteiger partial charge in [0, 0.05) is 12.2 Å². The fraction of sp³-hybridized carbons (Fsp3) is 0.241. The quantitative estimate of drug-likeness (QED) is 0.232. The molecule has 3 aromatic rings. The molecule has 8 nitrogen and oxygen atoms in total. The van der Waals surface area contributed by atoms with Crippen molar-refractivity contribution in [2.75, 3.05) is 11.9 Å². The first-order valence-electron chi connectivity index (χ1n) is 12.0. The van der Waals surface area contributed by atoms with E-state index in [0.717, 1.165) is 22.4 Å². The number of hydrogen-bond donors (Lipinski definition) is 3. The van der Waals surface area contributed by atoms with Crippen molar-refractivity contribution >= 4 is 29.6 Å². The summed E-state index contributed by atoms with van der Waals surface area (Å²) in [5, 5.41) is 9.22. The van der Waals surface area contributed by atoms with Crippen LogP contribution in [0.1, 0.15) is 47.6 Å². The lowest BCUT2D eigenvalue weighted by Crippen LogP contribution is -2.37. The average molecular weight is 501 g/mol. The van der Waals surface area contributed by atoms with Crippen LogP contribution in [0.4, 0.5) is 5.69 Å². The Kier molecular flexibility index (Phi) is 9.55. The number of anilines is 1. The lowest BCUT2D eigenvalue weighted by molar-refractivity contribution is -0.139. The number of amides is 3. The molecule has 0 spiro atoms. The van der Waals surface area contributed by atoms with E-state index in [2.05, 4.69) is 35.0 Å². The maximum atomic E-state index is 12.2. The lowest BCUT2D eigenvalue weighted by atomic mass is 10.0. The number of nitrogens with one attached hydrogen (secondary N) is 3. The molecule has 0 unspecified atom stereocenters. The smallest absolute Gasteiger partial charge is 0.329 e. The van der Waals surface area contributed by atoms with Crippen LogP contribution < -0.4 is 20.8 Å². The van der Waals surface area contributed by atoms with Gasteiger partial charge in [-0.25, -0.2) is 5.43 Å². The van der Waals surface area contributed by atoms with Crippen molar-refractivity contribution in [3.05, 3.63) is 94.5 Å². The number of hydrogen-bond acceptors (Lipinski definition) is 5. The summed E-state index contributed by atoms with van der Waals surface area (Å²) in [5.74, 6) is -0.948. The number of rotatable bonds is 9. The topological polar surface area (TPSA) is 109 Å². The second kappa shape index (κ2) is 13.0. The minimum atomic E-state index is -0.857. The predicted molar refractivity (Wildman–Crippen MR) is 145 cm³/mol. The Morgan fingerprint density at radius 2 is 1.54 bits per heavy atom. The van der Waals surface area contributed by atoms with E-state index in [-0.39, 0.29) is 19.1 Å². The Hall–Kier alpha value is -4.46. The van der Waals surface area contributed by atoms with E-state index < -0.39 is 11.8 Å². The van der Waals surface area contributed by atoms with Gasteiger partial charge in [0.25, 0.3) is 5.91 Å². The SMILES string of the molecule is Cc1cc(C)cc(NC(=O)COc2ccc(/C=N\NC(=O)C(=O)NCc3ccc(C(C)C)cc3)cc2)c1. The Labute approximate surface area is 217 Å². The first kappa shape index (κ1) is 27.1. The van der Waals surface area contributed by atoms with Gasteiger partial charge in [-0.05, 0) is 84.0 Å². The van der Waals surface area contributed by atoms with Gasteiger partial charge in [0.05, 0.1) is 6.21 Å². The molecule has 0 saturated carbocycles. The van der Waals surface area contributed by atoms with E-state index in [9.17, 15) is 14.4 Å². The van der Waals surface area contributed by atoms with Crippen LogP contribution in [0.25, 0.3) is 0 Å². The van der Waals surface area contributed by atoms with Gasteiger partial charge in [0.15, 0.2) is 6.61 Å². The molecule has 3 rings (SSSR count). The van der Waals surface area contributed by atoms with Crippen LogP contribution in [0.2, 0.25) is 0 Å². The first-order valence-corrected chi connectivity index (χ1v) is 12.0. The number of nitrogens with zero attached hydrogens (tertiary/aromatic N) is 1. The zero-order chi connectivity index (χ0) is 26.8. The van der Waals surface area contributed by atoms with Gasteiger partial charge in [-0.1, -0.05) is 44.2 Å². The van der Waals surface area contributed by atoms with Gasteiger partial charge in [0.2, 0.25) is 0 Å². The molecular weight excluding hydrogens is 468 g/mol. The van der Waals surface area contributed by atoms with Crippen LogP contribution in [0.15, 0.2) is 71.8 Å². The molecular formula is C29H32N4O4. The molecule has 0 atom stereocenters. The molecule has 8 heteroatoms. The fourth-order valence-electron chi connectivity index (χ4n) is 3.54. The van der Waals surface area contributed by atoms with E-state index in [1.807, 2.05) is 56.3 Å². The number of carbonyl (C=O) groups is 3. The summed E-state index contributed by atoms with van der Waals surface area (Å²) < 4.78 is 5.53.